The van der Waals surface area contributed by atoms with E-state index in [-0.39, 0.29) is 29.3 Å². The molecule has 1 aliphatic rings. The van der Waals surface area contributed by atoms with Gasteiger partial charge in [0.05, 0.1) is 23.7 Å². The van der Waals surface area contributed by atoms with Crippen molar-refractivity contribution in [3.05, 3.63) is 67.5 Å². The summed E-state index contributed by atoms with van der Waals surface area (Å²) in [6.07, 6.45) is 0. The van der Waals surface area contributed by atoms with Crippen LogP contribution in [0.4, 0.5) is 5.82 Å². The highest BCUT2D eigenvalue weighted by molar-refractivity contribution is 5.94. The number of H-pyrrole nitrogens is 2. The standard InChI is InChI=1S/C17H17N3O5/c1-3-25-16(23)11-8(2)18-14-13(15(22)20-17(24)19-14)12(11)9-5-4-6-10(21)7-9/h4-7,12,21H,3H2,1-2H3,(H3,18,19,20,22,24). The molecule has 130 valence electrons. The molecule has 0 saturated carbocycles. The van der Waals surface area contributed by atoms with Gasteiger partial charge < -0.3 is 15.2 Å². The van der Waals surface area contributed by atoms with Crippen molar-refractivity contribution in [1.29, 1.82) is 0 Å². The van der Waals surface area contributed by atoms with Gasteiger partial charge in [0.25, 0.3) is 5.56 Å². The van der Waals surface area contributed by atoms with Gasteiger partial charge in [0.1, 0.15) is 11.6 Å². The number of allylic oxidation sites excluding steroid dienone is 1. The van der Waals surface area contributed by atoms with E-state index in [2.05, 4.69) is 15.3 Å². The molecule has 25 heavy (non-hydrogen) atoms. The summed E-state index contributed by atoms with van der Waals surface area (Å²) in [6, 6.07) is 6.26. The molecule has 3 rings (SSSR count). The number of esters is 1. The van der Waals surface area contributed by atoms with Gasteiger partial charge in [-0.2, -0.15) is 0 Å². The van der Waals surface area contributed by atoms with E-state index in [1.54, 1.807) is 26.0 Å². The van der Waals surface area contributed by atoms with Crippen molar-refractivity contribution in [2.45, 2.75) is 19.8 Å². The average Bonchev–Trinajstić information content (AvgIpc) is 2.53. The van der Waals surface area contributed by atoms with Crippen LogP contribution in [0.5, 0.6) is 5.75 Å². The molecular weight excluding hydrogens is 326 g/mol. The van der Waals surface area contributed by atoms with Gasteiger partial charge in [-0.25, -0.2) is 9.59 Å². The molecule has 1 aromatic heterocycles. The minimum Gasteiger partial charge on any atom is -0.508 e. The number of fused-ring (bicyclic) bond motifs is 1. The molecule has 1 atom stereocenters. The molecule has 1 aromatic carbocycles. The molecular formula is C17H17N3O5. The van der Waals surface area contributed by atoms with Crippen LogP contribution in [-0.2, 0) is 9.53 Å². The van der Waals surface area contributed by atoms with E-state index in [0.29, 0.717) is 11.3 Å². The normalized spacial score (nSPS) is 16.2. The van der Waals surface area contributed by atoms with Gasteiger partial charge in [-0.1, -0.05) is 12.1 Å². The zero-order valence-corrected chi connectivity index (χ0v) is 13.7. The highest BCUT2D eigenvalue weighted by Gasteiger charge is 2.36. The number of nitrogens with one attached hydrogen (secondary N) is 3. The second-order valence-electron chi connectivity index (χ2n) is 5.61. The van der Waals surface area contributed by atoms with Crippen LogP contribution in [0.2, 0.25) is 0 Å². The maximum Gasteiger partial charge on any atom is 0.336 e. The summed E-state index contributed by atoms with van der Waals surface area (Å²) in [6.45, 7) is 3.52. The molecule has 8 nitrogen and oxygen atoms in total. The molecule has 2 heterocycles. The fraction of sp³-hybridized carbons (Fsp3) is 0.235. The van der Waals surface area contributed by atoms with Gasteiger partial charge in [-0.15, -0.1) is 0 Å². The van der Waals surface area contributed by atoms with Gasteiger partial charge >= 0.3 is 11.7 Å². The Hall–Kier alpha value is -3.29. The zero-order chi connectivity index (χ0) is 18.1. The average molecular weight is 343 g/mol. The lowest BCUT2D eigenvalue weighted by molar-refractivity contribution is -0.138. The first-order valence-electron chi connectivity index (χ1n) is 7.72. The van der Waals surface area contributed by atoms with Crippen LogP contribution in [0.25, 0.3) is 0 Å². The van der Waals surface area contributed by atoms with E-state index < -0.39 is 23.1 Å². The predicted molar refractivity (Wildman–Crippen MR) is 90.6 cm³/mol. The largest absolute Gasteiger partial charge is 0.508 e. The van der Waals surface area contributed by atoms with E-state index in [1.165, 1.54) is 12.1 Å². The number of ether oxygens (including phenoxy) is 1. The van der Waals surface area contributed by atoms with E-state index >= 15 is 0 Å². The van der Waals surface area contributed by atoms with Crippen molar-refractivity contribution in [1.82, 2.24) is 9.97 Å². The Bertz CT molecular complexity index is 986. The Kier molecular flexibility index (Phi) is 4.18. The molecule has 2 aromatic rings. The minimum absolute atomic E-state index is 0.000650. The first kappa shape index (κ1) is 16.6. The van der Waals surface area contributed by atoms with Gasteiger partial charge in [-0.05, 0) is 31.5 Å². The summed E-state index contributed by atoms with van der Waals surface area (Å²) in [7, 11) is 0. The quantitative estimate of drug-likeness (QED) is 0.620. The number of anilines is 1. The van der Waals surface area contributed by atoms with Crippen LogP contribution < -0.4 is 16.6 Å². The minimum atomic E-state index is -0.789. The SMILES string of the molecule is CCOC(=O)C1=C(C)Nc2[nH]c(=O)[nH]c(=O)c2C1c1cccc(O)c1. The molecule has 0 aliphatic carbocycles. The highest BCUT2D eigenvalue weighted by atomic mass is 16.5. The lowest BCUT2D eigenvalue weighted by atomic mass is 9.82. The topological polar surface area (TPSA) is 124 Å². The first-order chi connectivity index (χ1) is 11.9. The van der Waals surface area contributed by atoms with Gasteiger partial charge in [0, 0.05) is 5.70 Å². The third kappa shape index (κ3) is 2.93. The Morgan fingerprint density at radius 3 is 2.72 bits per heavy atom. The van der Waals surface area contributed by atoms with Gasteiger partial charge in [0.2, 0.25) is 0 Å². The van der Waals surface area contributed by atoms with Crippen LogP contribution in [0.1, 0.15) is 30.9 Å². The van der Waals surface area contributed by atoms with Crippen LogP contribution in [-0.4, -0.2) is 27.7 Å². The number of aromatic nitrogens is 2. The molecule has 0 saturated heterocycles. The third-order valence-electron chi connectivity index (χ3n) is 3.97. The van der Waals surface area contributed by atoms with Crippen molar-refractivity contribution in [2.75, 3.05) is 11.9 Å². The monoisotopic (exact) mass is 343 g/mol. The fourth-order valence-corrected chi connectivity index (χ4v) is 3.00. The van der Waals surface area contributed by atoms with E-state index in [4.69, 9.17) is 4.74 Å². The summed E-state index contributed by atoms with van der Waals surface area (Å²) in [5, 5.41) is 12.7. The molecule has 0 bridgehead atoms. The number of phenols is 1. The Balaban J connectivity index is 2.30. The molecule has 1 aliphatic heterocycles. The highest BCUT2D eigenvalue weighted by Crippen LogP contribution is 2.39. The van der Waals surface area contributed by atoms with Gasteiger partial charge in [-0.3, -0.25) is 14.8 Å². The number of aromatic amines is 2. The molecule has 0 fully saturated rings. The Morgan fingerprint density at radius 1 is 1.28 bits per heavy atom. The van der Waals surface area contributed by atoms with Crippen molar-refractivity contribution >= 4 is 11.8 Å². The van der Waals surface area contributed by atoms with E-state index in [0.717, 1.165) is 0 Å². The van der Waals surface area contributed by atoms with Crippen molar-refractivity contribution < 1.29 is 14.6 Å². The predicted octanol–water partition coefficient (Wildman–Crippen LogP) is 1.16. The fourth-order valence-electron chi connectivity index (χ4n) is 3.00. The van der Waals surface area contributed by atoms with E-state index in [1.807, 2.05) is 0 Å². The number of hydrogen-bond donors (Lipinski definition) is 4. The number of rotatable bonds is 3. The summed E-state index contributed by atoms with van der Waals surface area (Å²) in [5.74, 6) is -1.15. The third-order valence-corrected chi connectivity index (χ3v) is 3.97. The number of carbonyl (C=O) groups is 1. The first-order valence-corrected chi connectivity index (χ1v) is 7.72. The van der Waals surface area contributed by atoms with Crippen LogP contribution in [0.15, 0.2) is 45.1 Å². The molecule has 0 amide bonds. The van der Waals surface area contributed by atoms with Crippen molar-refractivity contribution in [2.24, 2.45) is 0 Å². The van der Waals surface area contributed by atoms with Crippen LogP contribution in [0, 0.1) is 0 Å². The molecule has 4 N–H and O–H groups in total. The zero-order valence-electron chi connectivity index (χ0n) is 13.7. The second kappa shape index (κ2) is 6.31. The van der Waals surface area contributed by atoms with E-state index in [9.17, 15) is 19.5 Å². The number of phenolic OH excluding ortho intramolecular Hbond substituents is 1. The van der Waals surface area contributed by atoms with Crippen molar-refractivity contribution in [3.63, 3.8) is 0 Å². The molecule has 1 unspecified atom stereocenters. The lowest BCUT2D eigenvalue weighted by Gasteiger charge is -2.28. The molecule has 0 radical (unpaired) electrons. The summed E-state index contributed by atoms with van der Waals surface area (Å²) in [4.78, 5) is 41.2. The number of aromatic hydroxyl groups is 1. The Morgan fingerprint density at radius 2 is 2.04 bits per heavy atom. The maximum absolute atomic E-state index is 12.5. The Labute approximate surface area is 142 Å². The van der Waals surface area contributed by atoms with Gasteiger partial charge in [0.15, 0.2) is 0 Å². The number of hydrogen-bond acceptors (Lipinski definition) is 6. The van der Waals surface area contributed by atoms with Crippen molar-refractivity contribution in [3.8, 4) is 5.75 Å². The lowest BCUT2D eigenvalue weighted by Crippen LogP contribution is -2.34. The molecule has 0 spiro atoms. The summed E-state index contributed by atoms with van der Waals surface area (Å²) in [5.41, 5.74) is 0.145. The van der Waals surface area contributed by atoms with Crippen LogP contribution in [0.3, 0.4) is 0 Å². The number of benzene rings is 1. The smallest absolute Gasteiger partial charge is 0.336 e. The second-order valence-corrected chi connectivity index (χ2v) is 5.61. The summed E-state index contributed by atoms with van der Waals surface area (Å²) >= 11 is 0. The van der Waals surface area contributed by atoms with Crippen LogP contribution >= 0.6 is 0 Å². The summed E-state index contributed by atoms with van der Waals surface area (Å²) < 4.78 is 5.13. The molecule has 8 heteroatoms. The number of carbonyl (C=O) groups excluding carboxylic acids is 1. The maximum atomic E-state index is 12.5.